The van der Waals surface area contributed by atoms with Gasteiger partial charge in [0.2, 0.25) is 0 Å². The van der Waals surface area contributed by atoms with Crippen molar-refractivity contribution < 1.29 is 4.74 Å². The lowest BCUT2D eigenvalue weighted by molar-refractivity contribution is 0.107. The van der Waals surface area contributed by atoms with Gasteiger partial charge in [0.05, 0.1) is 16.3 Å². The Bertz CT molecular complexity index is 458. The average molecular weight is 248 g/mol. The molecular formula is C13H16N2OS. The van der Waals surface area contributed by atoms with Crippen molar-refractivity contribution in [1.29, 1.82) is 0 Å². The predicted octanol–water partition coefficient (Wildman–Crippen LogP) is 3.28. The molecule has 1 aliphatic rings. The van der Waals surface area contributed by atoms with Crippen LogP contribution in [-0.2, 0) is 4.74 Å². The third-order valence-electron chi connectivity index (χ3n) is 3.06. The molecule has 1 N–H and O–H groups in total. The molecule has 1 unspecified atom stereocenters. The maximum absolute atomic E-state index is 5.59. The van der Waals surface area contributed by atoms with Gasteiger partial charge in [0.25, 0.3) is 0 Å². The van der Waals surface area contributed by atoms with Crippen molar-refractivity contribution in [2.45, 2.75) is 25.4 Å². The van der Waals surface area contributed by atoms with E-state index in [4.69, 9.17) is 4.74 Å². The topological polar surface area (TPSA) is 34.1 Å². The zero-order chi connectivity index (χ0) is 11.5. The van der Waals surface area contributed by atoms with Gasteiger partial charge in [-0.3, -0.25) is 0 Å². The van der Waals surface area contributed by atoms with E-state index in [1.54, 1.807) is 11.3 Å². The number of anilines is 1. The summed E-state index contributed by atoms with van der Waals surface area (Å²) < 4.78 is 6.84. The minimum absolute atomic E-state index is 0.455. The minimum Gasteiger partial charge on any atom is -0.378 e. The Balaban J connectivity index is 1.57. The van der Waals surface area contributed by atoms with Gasteiger partial charge in [-0.1, -0.05) is 23.5 Å². The van der Waals surface area contributed by atoms with E-state index in [1.807, 2.05) is 6.07 Å². The van der Waals surface area contributed by atoms with Crippen LogP contribution in [0.3, 0.4) is 0 Å². The van der Waals surface area contributed by atoms with Crippen LogP contribution in [0.4, 0.5) is 5.13 Å². The Labute approximate surface area is 105 Å². The molecule has 3 rings (SSSR count). The molecule has 1 aromatic heterocycles. The smallest absolute Gasteiger partial charge is 0.183 e. The van der Waals surface area contributed by atoms with Crippen molar-refractivity contribution >= 4 is 26.7 Å². The summed E-state index contributed by atoms with van der Waals surface area (Å²) in [5.41, 5.74) is 1.08. The van der Waals surface area contributed by atoms with E-state index < -0.39 is 0 Å². The molecule has 2 heterocycles. The number of nitrogens with one attached hydrogen (secondary N) is 1. The summed E-state index contributed by atoms with van der Waals surface area (Å²) in [6.45, 7) is 1.89. The van der Waals surface area contributed by atoms with Crippen molar-refractivity contribution in [3.8, 4) is 0 Å². The number of fused-ring (bicyclic) bond motifs is 1. The highest BCUT2D eigenvalue weighted by Gasteiger charge is 2.14. The second-order valence-electron chi connectivity index (χ2n) is 4.34. The lowest BCUT2D eigenvalue weighted by atomic mass is 10.2. The molecule has 1 aromatic carbocycles. The molecule has 1 atom stereocenters. The summed E-state index contributed by atoms with van der Waals surface area (Å²) in [6, 6.07) is 8.24. The van der Waals surface area contributed by atoms with Gasteiger partial charge in [0.15, 0.2) is 5.13 Å². The number of benzene rings is 1. The number of ether oxygens (including phenoxy) is 1. The van der Waals surface area contributed by atoms with Crippen LogP contribution in [0.1, 0.15) is 19.3 Å². The third-order valence-corrected chi connectivity index (χ3v) is 4.05. The zero-order valence-corrected chi connectivity index (χ0v) is 10.5. The van der Waals surface area contributed by atoms with Crippen LogP contribution in [0.25, 0.3) is 10.2 Å². The van der Waals surface area contributed by atoms with Gasteiger partial charge in [-0.25, -0.2) is 4.98 Å². The zero-order valence-electron chi connectivity index (χ0n) is 9.69. The normalized spacial score (nSPS) is 19.9. The Morgan fingerprint density at radius 1 is 1.41 bits per heavy atom. The Hall–Kier alpha value is -1.13. The van der Waals surface area contributed by atoms with Crippen LogP contribution in [0, 0.1) is 0 Å². The summed E-state index contributed by atoms with van der Waals surface area (Å²) in [5.74, 6) is 0. The van der Waals surface area contributed by atoms with Gasteiger partial charge in [0.1, 0.15) is 0 Å². The van der Waals surface area contributed by atoms with Gasteiger partial charge in [-0.2, -0.15) is 0 Å². The van der Waals surface area contributed by atoms with Crippen molar-refractivity contribution in [1.82, 2.24) is 4.98 Å². The molecule has 0 saturated carbocycles. The molecule has 3 nitrogen and oxygen atoms in total. The first-order valence-corrected chi connectivity index (χ1v) is 6.94. The summed E-state index contributed by atoms with van der Waals surface area (Å²) in [7, 11) is 0. The molecule has 1 fully saturated rings. The first-order valence-electron chi connectivity index (χ1n) is 6.13. The van der Waals surface area contributed by atoms with Crippen LogP contribution in [-0.4, -0.2) is 24.2 Å². The van der Waals surface area contributed by atoms with E-state index in [0.29, 0.717) is 6.10 Å². The van der Waals surface area contributed by atoms with E-state index >= 15 is 0 Å². The molecule has 1 saturated heterocycles. The molecular weight excluding hydrogens is 232 g/mol. The standard InChI is InChI=1S/C13H16N2OS/c1-2-6-12-11(5-1)15-13(17-12)14-8-7-10-4-3-9-16-10/h1-2,5-6,10H,3-4,7-9H2,(H,14,15). The molecule has 0 spiro atoms. The minimum atomic E-state index is 0.455. The van der Waals surface area contributed by atoms with Gasteiger partial charge >= 0.3 is 0 Å². The predicted molar refractivity (Wildman–Crippen MR) is 71.7 cm³/mol. The fourth-order valence-corrected chi connectivity index (χ4v) is 3.05. The number of para-hydroxylation sites is 1. The van der Waals surface area contributed by atoms with Crippen LogP contribution < -0.4 is 5.32 Å². The molecule has 0 radical (unpaired) electrons. The molecule has 4 heteroatoms. The summed E-state index contributed by atoms with van der Waals surface area (Å²) in [5, 5.41) is 4.41. The Morgan fingerprint density at radius 2 is 2.35 bits per heavy atom. The molecule has 0 amide bonds. The maximum Gasteiger partial charge on any atom is 0.183 e. The summed E-state index contributed by atoms with van der Waals surface area (Å²) in [6.07, 6.45) is 3.96. The Kier molecular flexibility index (Phi) is 3.25. The highest BCUT2D eigenvalue weighted by atomic mass is 32.1. The number of nitrogens with zero attached hydrogens (tertiary/aromatic N) is 1. The third kappa shape index (κ3) is 2.58. The lowest BCUT2D eigenvalue weighted by Crippen LogP contribution is -2.12. The number of aromatic nitrogens is 1. The van der Waals surface area contributed by atoms with Crippen molar-refractivity contribution in [3.63, 3.8) is 0 Å². The molecule has 90 valence electrons. The van der Waals surface area contributed by atoms with E-state index in [2.05, 4.69) is 28.5 Å². The van der Waals surface area contributed by atoms with Crippen LogP contribution in [0.15, 0.2) is 24.3 Å². The van der Waals surface area contributed by atoms with Crippen molar-refractivity contribution in [3.05, 3.63) is 24.3 Å². The second kappa shape index (κ2) is 5.02. The quantitative estimate of drug-likeness (QED) is 0.901. The van der Waals surface area contributed by atoms with E-state index in [0.717, 1.165) is 30.2 Å². The van der Waals surface area contributed by atoms with Gasteiger partial charge < -0.3 is 10.1 Å². The molecule has 1 aliphatic heterocycles. The van der Waals surface area contributed by atoms with Crippen molar-refractivity contribution in [2.75, 3.05) is 18.5 Å². The van der Waals surface area contributed by atoms with E-state index in [9.17, 15) is 0 Å². The first kappa shape index (κ1) is 11.0. The number of hydrogen-bond donors (Lipinski definition) is 1. The average Bonchev–Trinajstić information content (AvgIpc) is 2.96. The van der Waals surface area contributed by atoms with Crippen LogP contribution in [0.5, 0.6) is 0 Å². The van der Waals surface area contributed by atoms with Gasteiger partial charge in [-0.05, 0) is 31.4 Å². The van der Waals surface area contributed by atoms with E-state index in [-0.39, 0.29) is 0 Å². The molecule has 0 bridgehead atoms. The number of rotatable bonds is 4. The van der Waals surface area contributed by atoms with Crippen LogP contribution in [0.2, 0.25) is 0 Å². The number of thiazole rings is 1. The highest BCUT2D eigenvalue weighted by Crippen LogP contribution is 2.25. The van der Waals surface area contributed by atoms with Crippen LogP contribution >= 0.6 is 11.3 Å². The van der Waals surface area contributed by atoms with Crippen molar-refractivity contribution in [2.24, 2.45) is 0 Å². The SMILES string of the molecule is c1ccc2sc(NCCC3CCCO3)nc2c1. The lowest BCUT2D eigenvalue weighted by Gasteiger charge is -2.08. The molecule has 2 aromatic rings. The van der Waals surface area contributed by atoms with Gasteiger partial charge in [-0.15, -0.1) is 0 Å². The molecule has 17 heavy (non-hydrogen) atoms. The number of hydrogen-bond acceptors (Lipinski definition) is 4. The second-order valence-corrected chi connectivity index (χ2v) is 5.37. The Morgan fingerprint density at radius 3 is 3.18 bits per heavy atom. The highest BCUT2D eigenvalue weighted by molar-refractivity contribution is 7.22. The maximum atomic E-state index is 5.59. The summed E-state index contributed by atoms with van der Waals surface area (Å²) >= 11 is 1.72. The first-order chi connectivity index (χ1) is 8.42. The van der Waals surface area contributed by atoms with E-state index in [1.165, 1.54) is 17.5 Å². The fraction of sp³-hybridized carbons (Fsp3) is 0.462. The van der Waals surface area contributed by atoms with Gasteiger partial charge in [0, 0.05) is 13.2 Å². The largest absolute Gasteiger partial charge is 0.378 e. The fourth-order valence-electron chi connectivity index (χ4n) is 2.16. The summed E-state index contributed by atoms with van der Waals surface area (Å²) in [4.78, 5) is 4.54. The monoisotopic (exact) mass is 248 g/mol. The molecule has 0 aliphatic carbocycles.